The van der Waals surface area contributed by atoms with E-state index in [4.69, 9.17) is 0 Å². The third kappa shape index (κ3) is 3.28. The summed E-state index contributed by atoms with van der Waals surface area (Å²) in [6.45, 7) is 4.76. The topological polar surface area (TPSA) is 73.4 Å². The molecular weight excluding hydrogens is 256 g/mol. The Labute approximate surface area is 118 Å². The Morgan fingerprint density at radius 1 is 1.50 bits per heavy atom. The van der Waals surface area contributed by atoms with Crippen molar-refractivity contribution >= 4 is 5.91 Å². The molecule has 1 fully saturated rings. The van der Waals surface area contributed by atoms with Crippen LogP contribution in [0.2, 0.25) is 0 Å². The zero-order valence-electron chi connectivity index (χ0n) is 12.1. The van der Waals surface area contributed by atoms with E-state index in [1.807, 2.05) is 0 Å². The lowest BCUT2D eigenvalue weighted by Gasteiger charge is -2.23. The van der Waals surface area contributed by atoms with E-state index in [9.17, 15) is 14.7 Å². The minimum absolute atomic E-state index is 0.0201. The third-order valence-electron chi connectivity index (χ3n) is 3.62. The van der Waals surface area contributed by atoms with E-state index < -0.39 is 0 Å². The molecule has 1 atom stereocenters. The van der Waals surface area contributed by atoms with E-state index in [-0.39, 0.29) is 24.1 Å². The lowest BCUT2D eigenvalue weighted by molar-refractivity contribution is 0.0677. The quantitative estimate of drug-likeness (QED) is 0.868. The number of H-pyrrole nitrogens is 1. The van der Waals surface area contributed by atoms with Gasteiger partial charge in [0.1, 0.15) is 0 Å². The Morgan fingerprint density at radius 3 is 2.90 bits per heavy atom. The third-order valence-corrected chi connectivity index (χ3v) is 3.62. The van der Waals surface area contributed by atoms with Gasteiger partial charge >= 0.3 is 0 Å². The van der Waals surface area contributed by atoms with Gasteiger partial charge in [-0.1, -0.05) is 13.8 Å². The average molecular weight is 278 g/mol. The van der Waals surface area contributed by atoms with Crippen LogP contribution in [-0.4, -0.2) is 40.1 Å². The highest BCUT2D eigenvalue weighted by molar-refractivity contribution is 5.94. The van der Waals surface area contributed by atoms with Gasteiger partial charge in [-0.05, 0) is 31.2 Å². The van der Waals surface area contributed by atoms with Gasteiger partial charge in [-0.25, -0.2) is 0 Å². The molecule has 0 saturated carbocycles. The standard InChI is InChI=1S/C15H22N2O3/c1-10(2)6-12-7-11(8-14(19)16-12)15(20)17-5-3-4-13(17)9-18/h7-8,10,13,18H,3-6,9H2,1-2H3,(H,16,19)/t13-/m1/s1. The van der Waals surface area contributed by atoms with Gasteiger partial charge in [-0.15, -0.1) is 0 Å². The van der Waals surface area contributed by atoms with E-state index in [0.717, 1.165) is 25.0 Å². The zero-order valence-corrected chi connectivity index (χ0v) is 12.1. The fourth-order valence-electron chi connectivity index (χ4n) is 2.73. The number of rotatable bonds is 4. The summed E-state index contributed by atoms with van der Waals surface area (Å²) < 4.78 is 0. The Kier molecular flexibility index (Phi) is 4.60. The summed E-state index contributed by atoms with van der Waals surface area (Å²) in [7, 11) is 0. The SMILES string of the molecule is CC(C)Cc1cc(C(=O)N2CCC[C@@H]2CO)cc(=O)[nH]1. The normalized spacial score (nSPS) is 18.8. The molecule has 5 nitrogen and oxygen atoms in total. The fourth-order valence-corrected chi connectivity index (χ4v) is 2.73. The van der Waals surface area contributed by atoms with E-state index in [1.165, 1.54) is 6.07 Å². The first-order chi connectivity index (χ1) is 9.51. The fraction of sp³-hybridized carbons (Fsp3) is 0.600. The number of carbonyl (C=O) groups excluding carboxylic acids is 1. The van der Waals surface area contributed by atoms with Crippen LogP contribution in [0.25, 0.3) is 0 Å². The number of pyridine rings is 1. The lowest BCUT2D eigenvalue weighted by Crippen LogP contribution is -2.38. The molecule has 2 rings (SSSR count). The number of hydrogen-bond acceptors (Lipinski definition) is 3. The number of hydrogen-bond donors (Lipinski definition) is 2. The van der Waals surface area contributed by atoms with Gasteiger partial charge < -0.3 is 15.0 Å². The Bertz CT molecular complexity index is 536. The maximum Gasteiger partial charge on any atom is 0.254 e. The van der Waals surface area contributed by atoms with Crippen LogP contribution in [0.1, 0.15) is 42.7 Å². The number of aromatic nitrogens is 1. The summed E-state index contributed by atoms with van der Waals surface area (Å²) >= 11 is 0. The average Bonchev–Trinajstić information content (AvgIpc) is 2.84. The molecule has 20 heavy (non-hydrogen) atoms. The molecule has 0 aromatic carbocycles. The minimum Gasteiger partial charge on any atom is -0.394 e. The Balaban J connectivity index is 2.25. The van der Waals surface area contributed by atoms with Crippen molar-refractivity contribution < 1.29 is 9.90 Å². The second-order valence-electron chi connectivity index (χ2n) is 5.83. The first kappa shape index (κ1) is 14.8. The van der Waals surface area contributed by atoms with Gasteiger partial charge in [0.05, 0.1) is 12.6 Å². The van der Waals surface area contributed by atoms with Gasteiger partial charge in [-0.3, -0.25) is 9.59 Å². The van der Waals surface area contributed by atoms with Crippen molar-refractivity contribution in [2.45, 2.75) is 39.2 Å². The summed E-state index contributed by atoms with van der Waals surface area (Å²) in [4.78, 5) is 28.6. The number of aliphatic hydroxyl groups excluding tert-OH is 1. The number of aromatic amines is 1. The van der Waals surface area contributed by atoms with Crippen LogP contribution in [0.5, 0.6) is 0 Å². The van der Waals surface area contributed by atoms with Crippen LogP contribution in [0, 0.1) is 5.92 Å². The van der Waals surface area contributed by atoms with Crippen LogP contribution < -0.4 is 5.56 Å². The molecule has 1 aromatic heterocycles. The van der Waals surface area contributed by atoms with Crippen molar-refractivity contribution in [1.82, 2.24) is 9.88 Å². The van der Waals surface area contributed by atoms with Gasteiger partial charge in [0.15, 0.2) is 0 Å². The molecule has 2 N–H and O–H groups in total. The summed E-state index contributed by atoms with van der Waals surface area (Å²) in [6, 6.07) is 2.99. The number of amides is 1. The zero-order chi connectivity index (χ0) is 14.7. The Morgan fingerprint density at radius 2 is 2.25 bits per heavy atom. The van der Waals surface area contributed by atoms with Crippen LogP contribution in [0.3, 0.4) is 0 Å². The number of carbonyl (C=O) groups is 1. The molecule has 0 radical (unpaired) electrons. The highest BCUT2D eigenvalue weighted by Crippen LogP contribution is 2.19. The predicted molar refractivity (Wildman–Crippen MR) is 76.7 cm³/mol. The molecule has 0 aliphatic carbocycles. The predicted octanol–water partition coefficient (Wildman–Crippen LogP) is 1.17. The molecule has 2 heterocycles. The minimum atomic E-state index is -0.244. The number of likely N-dealkylation sites (tertiary alicyclic amines) is 1. The van der Waals surface area contributed by atoms with Crippen LogP contribution >= 0.6 is 0 Å². The Hall–Kier alpha value is -1.62. The van der Waals surface area contributed by atoms with Crippen molar-refractivity contribution in [3.63, 3.8) is 0 Å². The monoisotopic (exact) mass is 278 g/mol. The van der Waals surface area contributed by atoms with Crippen molar-refractivity contribution in [2.75, 3.05) is 13.2 Å². The maximum absolute atomic E-state index is 12.5. The molecule has 1 amide bonds. The summed E-state index contributed by atoms with van der Waals surface area (Å²) in [5.41, 5.74) is 0.964. The van der Waals surface area contributed by atoms with E-state index >= 15 is 0 Å². The van der Waals surface area contributed by atoms with Crippen LogP contribution in [-0.2, 0) is 6.42 Å². The highest BCUT2D eigenvalue weighted by atomic mass is 16.3. The van der Waals surface area contributed by atoms with E-state index in [1.54, 1.807) is 11.0 Å². The maximum atomic E-state index is 12.5. The van der Waals surface area contributed by atoms with Gasteiger partial charge in [-0.2, -0.15) is 0 Å². The first-order valence-corrected chi connectivity index (χ1v) is 7.16. The first-order valence-electron chi connectivity index (χ1n) is 7.16. The molecule has 5 heteroatoms. The number of nitrogens with zero attached hydrogens (tertiary/aromatic N) is 1. The van der Waals surface area contributed by atoms with E-state index in [2.05, 4.69) is 18.8 Å². The van der Waals surface area contributed by atoms with Crippen LogP contribution in [0.4, 0.5) is 0 Å². The van der Waals surface area contributed by atoms with Crippen molar-refractivity contribution in [3.8, 4) is 0 Å². The second kappa shape index (κ2) is 6.22. The van der Waals surface area contributed by atoms with Crippen molar-refractivity contribution in [1.29, 1.82) is 0 Å². The molecule has 1 aliphatic heterocycles. The number of aliphatic hydroxyl groups is 1. The molecule has 0 spiro atoms. The van der Waals surface area contributed by atoms with E-state index in [0.29, 0.717) is 18.0 Å². The van der Waals surface area contributed by atoms with Crippen LogP contribution in [0.15, 0.2) is 16.9 Å². The molecule has 110 valence electrons. The van der Waals surface area contributed by atoms with Crippen molar-refractivity contribution in [3.05, 3.63) is 33.7 Å². The molecule has 1 saturated heterocycles. The highest BCUT2D eigenvalue weighted by Gasteiger charge is 2.29. The molecule has 0 unspecified atom stereocenters. The summed E-state index contributed by atoms with van der Waals surface area (Å²) in [5, 5.41) is 9.30. The van der Waals surface area contributed by atoms with Crippen molar-refractivity contribution in [2.24, 2.45) is 5.92 Å². The second-order valence-corrected chi connectivity index (χ2v) is 5.83. The summed E-state index contributed by atoms with van der Waals surface area (Å²) in [5.74, 6) is 0.255. The smallest absolute Gasteiger partial charge is 0.254 e. The molecular formula is C15H22N2O3. The summed E-state index contributed by atoms with van der Waals surface area (Å²) in [6.07, 6.45) is 2.46. The number of nitrogens with one attached hydrogen (secondary N) is 1. The lowest BCUT2D eigenvalue weighted by atomic mass is 10.1. The van der Waals surface area contributed by atoms with Gasteiger partial charge in [0.2, 0.25) is 5.56 Å². The molecule has 1 aromatic rings. The van der Waals surface area contributed by atoms with Gasteiger partial charge in [0.25, 0.3) is 5.91 Å². The molecule has 0 bridgehead atoms. The van der Waals surface area contributed by atoms with Gasteiger partial charge in [0, 0.05) is 23.9 Å². The largest absolute Gasteiger partial charge is 0.394 e. The molecule has 1 aliphatic rings.